The Balaban J connectivity index is 0. The van der Waals surface area contributed by atoms with Gasteiger partial charge in [0, 0.05) is 19.9 Å². The summed E-state index contributed by atoms with van der Waals surface area (Å²) in [6.45, 7) is 1.73. The van der Waals surface area contributed by atoms with Gasteiger partial charge in [0.1, 0.15) is 25.1 Å². The summed E-state index contributed by atoms with van der Waals surface area (Å²) in [7, 11) is -10.5. The second-order valence-corrected chi connectivity index (χ2v) is 6.57. The Kier molecular flexibility index (Phi) is 10.5. The zero-order chi connectivity index (χ0) is 17.3. The van der Waals surface area contributed by atoms with Crippen LogP contribution in [0.25, 0.3) is 0 Å². The van der Waals surface area contributed by atoms with Crippen molar-refractivity contribution in [1.29, 1.82) is 0 Å². The smallest absolute Gasteiger partial charge is 0.744 e. The summed E-state index contributed by atoms with van der Waals surface area (Å²) in [6, 6.07) is 0.687. The zero-order valence-corrected chi connectivity index (χ0v) is 18.7. The molecule has 0 bridgehead atoms. The number of carbonyl (C=O) groups is 2. The number of carbonyl (C=O) groups excluding carboxylic acids is 2. The molecule has 1 aromatic rings. The van der Waals surface area contributed by atoms with Crippen molar-refractivity contribution < 1.29 is 104 Å². The second kappa shape index (κ2) is 9.62. The topological polar surface area (TPSA) is 167 Å². The summed E-state index contributed by atoms with van der Waals surface area (Å²) in [4.78, 5) is 19.5. The molecular weight excluding hydrogens is 390 g/mol. The standard InChI is InChI=1S/C10H10O10S2.2Na/c1-5(11)19-8-3-7(21(13,14)15)4-9(22(16,17)18)10(8)20-6(2)12;;/h3-4H,1-2H3,(H,13,14,15)(H,16,17,18);;/q;2*+1/p-2. The second-order valence-electron chi connectivity index (χ2n) is 3.84. The van der Waals surface area contributed by atoms with Gasteiger partial charge in [-0.05, 0) is 6.07 Å². The van der Waals surface area contributed by atoms with E-state index in [1.807, 2.05) is 0 Å². The summed E-state index contributed by atoms with van der Waals surface area (Å²) in [5.41, 5.74) is 0. The van der Waals surface area contributed by atoms with Crippen LogP contribution in [-0.2, 0) is 29.8 Å². The third-order valence-corrected chi connectivity index (χ3v) is 3.71. The summed E-state index contributed by atoms with van der Waals surface area (Å²) < 4.78 is 75.4. The maximum absolute atomic E-state index is 11.2. The number of benzene rings is 1. The molecule has 14 heteroatoms. The molecule has 0 atom stereocenters. The fourth-order valence-corrected chi connectivity index (χ4v) is 2.59. The Hall–Kier alpha value is -0.0200. The molecule has 0 spiro atoms. The van der Waals surface area contributed by atoms with Gasteiger partial charge < -0.3 is 18.6 Å². The van der Waals surface area contributed by atoms with Gasteiger partial charge in [0.25, 0.3) is 0 Å². The molecule has 10 nitrogen and oxygen atoms in total. The molecule has 1 rings (SSSR count). The van der Waals surface area contributed by atoms with Crippen molar-refractivity contribution in [3.05, 3.63) is 12.1 Å². The van der Waals surface area contributed by atoms with Gasteiger partial charge in [-0.1, -0.05) is 0 Å². The normalized spacial score (nSPS) is 10.8. The quantitative estimate of drug-likeness (QED) is 0.206. The van der Waals surface area contributed by atoms with Crippen LogP contribution >= 0.6 is 0 Å². The molecule has 1 aromatic carbocycles. The van der Waals surface area contributed by atoms with Gasteiger partial charge >= 0.3 is 71.1 Å². The molecule has 0 unspecified atom stereocenters. The first-order valence-electron chi connectivity index (χ1n) is 5.29. The largest absolute Gasteiger partial charge is 1.00 e. The van der Waals surface area contributed by atoms with Crippen molar-refractivity contribution in [1.82, 2.24) is 0 Å². The van der Waals surface area contributed by atoms with Crippen LogP contribution in [0.3, 0.4) is 0 Å². The van der Waals surface area contributed by atoms with E-state index in [1.165, 1.54) is 0 Å². The summed E-state index contributed by atoms with van der Waals surface area (Å²) in [6.07, 6.45) is 0. The van der Waals surface area contributed by atoms with Crippen molar-refractivity contribution in [3.8, 4) is 11.5 Å². The fraction of sp³-hybridized carbons (Fsp3) is 0.200. The van der Waals surface area contributed by atoms with Crippen LogP contribution in [0.2, 0.25) is 0 Å². The zero-order valence-electron chi connectivity index (χ0n) is 13.1. The van der Waals surface area contributed by atoms with Crippen molar-refractivity contribution in [2.24, 2.45) is 0 Å². The van der Waals surface area contributed by atoms with E-state index in [4.69, 9.17) is 0 Å². The van der Waals surface area contributed by atoms with E-state index in [-0.39, 0.29) is 65.2 Å². The van der Waals surface area contributed by atoms with E-state index < -0.39 is 53.5 Å². The summed E-state index contributed by atoms with van der Waals surface area (Å²) >= 11 is 0. The van der Waals surface area contributed by atoms with E-state index in [1.54, 1.807) is 0 Å². The van der Waals surface area contributed by atoms with E-state index >= 15 is 0 Å². The van der Waals surface area contributed by atoms with Crippen LogP contribution in [0, 0.1) is 0 Å². The first-order valence-corrected chi connectivity index (χ1v) is 8.10. The Labute approximate surface area is 182 Å². The van der Waals surface area contributed by atoms with E-state index in [0.29, 0.717) is 6.07 Å². The molecule has 0 aliphatic rings. The molecule has 0 saturated heterocycles. The average molecular weight is 398 g/mol. The van der Waals surface area contributed by atoms with Crippen LogP contribution in [0.5, 0.6) is 11.5 Å². The SMILES string of the molecule is CC(=O)Oc1cc(S(=O)(=O)[O-])cc(S(=O)(=O)[O-])c1OC(C)=O.[Na+].[Na+]. The van der Waals surface area contributed by atoms with Crippen LogP contribution < -0.4 is 68.6 Å². The van der Waals surface area contributed by atoms with Gasteiger partial charge in [-0.3, -0.25) is 9.59 Å². The number of esters is 2. The van der Waals surface area contributed by atoms with E-state index in [2.05, 4.69) is 9.47 Å². The predicted octanol–water partition coefficient (Wildman–Crippen LogP) is -6.65. The van der Waals surface area contributed by atoms with Crippen LogP contribution in [0.1, 0.15) is 13.8 Å². The third kappa shape index (κ3) is 7.47. The van der Waals surface area contributed by atoms with Crippen molar-refractivity contribution in [2.45, 2.75) is 23.6 Å². The molecule has 0 aliphatic heterocycles. The monoisotopic (exact) mass is 398 g/mol. The molecule has 0 fully saturated rings. The molecule has 0 aliphatic carbocycles. The van der Waals surface area contributed by atoms with Crippen molar-refractivity contribution in [2.75, 3.05) is 0 Å². The first kappa shape index (κ1) is 26.2. The predicted molar refractivity (Wildman–Crippen MR) is 65.0 cm³/mol. The Morgan fingerprint density at radius 3 is 1.67 bits per heavy atom. The van der Waals surface area contributed by atoms with Gasteiger partial charge in [-0.15, -0.1) is 0 Å². The third-order valence-electron chi connectivity index (χ3n) is 2.05. The number of rotatable bonds is 4. The molecule has 122 valence electrons. The van der Waals surface area contributed by atoms with Crippen LogP contribution in [0.15, 0.2) is 21.9 Å². The Morgan fingerprint density at radius 1 is 0.875 bits per heavy atom. The molecular formula is C10H8Na2O10S2. The summed E-state index contributed by atoms with van der Waals surface area (Å²) in [5, 5.41) is 0. The van der Waals surface area contributed by atoms with Gasteiger partial charge in [-0.25, -0.2) is 16.8 Å². The Bertz CT molecular complexity index is 845. The molecule has 0 saturated carbocycles. The maximum atomic E-state index is 11.2. The van der Waals surface area contributed by atoms with E-state index in [9.17, 15) is 35.5 Å². The number of hydrogen-bond acceptors (Lipinski definition) is 10. The van der Waals surface area contributed by atoms with Gasteiger partial charge in [0.05, 0.1) is 4.90 Å². The van der Waals surface area contributed by atoms with Crippen molar-refractivity contribution in [3.63, 3.8) is 0 Å². The number of ether oxygens (including phenoxy) is 2. The van der Waals surface area contributed by atoms with Crippen LogP contribution in [0.4, 0.5) is 0 Å². The van der Waals surface area contributed by atoms with E-state index in [0.717, 1.165) is 13.8 Å². The summed E-state index contributed by atoms with van der Waals surface area (Å²) in [5.74, 6) is -3.96. The van der Waals surface area contributed by atoms with Gasteiger partial charge in [0.2, 0.25) is 0 Å². The molecule has 0 heterocycles. The molecule has 0 aromatic heterocycles. The van der Waals surface area contributed by atoms with Crippen molar-refractivity contribution >= 4 is 32.2 Å². The fourth-order valence-electron chi connectivity index (χ4n) is 1.36. The number of hydrogen-bond donors (Lipinski definition) is 0. The minimum atomic E-state index is -5.34. The minimum Gasteiger partial charge on any atom is -0.744 e. The maximum Gasteiger partial charge on any atom is 1.00 e. The molecule has 0 radical (unpaired) electrons. The van der Waals surface area contributed by atoms with Gasteiger partial charge in [0.15, 0.2) is 11.5 Å². The molecule has 0 amide bonds. The average Bonchev–Trinajstić information content (AvgIpc) is 2.26. The van der Waals surface area contributed by atoms with Gasteiger partial charge in [-0.2, -0.15) is 0 Å². The van der Waals surface area contributed by atoms with Crippen LogP contribution in [-0.4, -0.2) is 37.9 Å². The first-order chi connectivity index (χ1) is 9.82. The molecule has 0 N–H and O–H groups in total. The Morgan fingerprint density at radius 2 is 1.33 bits per heavy atom. The molecule has 24 heavy (non-hydrogen) atoms. The minimum absolute atomic E-state index is 0.